The van der Waals surface area contributed by atoms with E-state index in [1.165, 1.54) is 13.3 Å². The fourth-order valence-electron chi connectivity index (χ4n) is 5.22. The lowest BCUT2D eigenvalue weighted by molar-refractivity contribution is -0.160. The third-order valence-electron chi connectivity index (χ3n) is 7.10. The molecule has 6 rings (SSSR count). The van der Waals surface area contributed by atoms with Crippen LogP contribution in [0.5, 0.6) is 6.01 Å². The highest BCUT2D eigenvalue weighted by atomic mass is 16.5. The first kappa shape index (κ1) is 19.7. The highest BCUT2D eigenvalue weighted by Crippen LogP contribution is 2.58. The normalized spacial score (nSPS) is 24.8. The standard InChI is InChI=1S/C23H25N5O3/c1-14-4-3-5-15(25-14)17-18(16-6-13-24-21(30)26-16)28-19(27-17)22-7-10-23(11-8-22,12-9-22)20(29)31-2/h3-6,13H,7-12H2,1-2H3,(H,27,28)(H,24,26,30). The van der Waals surface area contributed by atoms with Crippen molar-refractivity contribution in [2.75, 3.05) is 7.11 Å². The van der Waals surface area contributed by atoms with Crippen LogP contribution in [0.3, 0.4) is 0 Å². The van der Waals surface area contributed by atoms with Crippen molar-refractivity contribution in [1.29, 1.82) is 0 Å². The summed E-state index contributed by atoms with van der Waals surface area (Å²) < 4.78 is 5.10. The van der Waals surface area contributed by atoms with Crippen LogP contribution in [-0.2, 0) is 14.9 Å². The summed E-state index contributed by atoms with van der Waals surface area (Å²) in [4.78, 5) is 33.6. The van der Waals surface area contributed by atoms with E-state index in [1.54, 1.807) is 6.07 Å². The van der Waals surface area contributed by atoms with E-state index < -0.39 is 0 Å². The van der Waals surface area contributed by atoms with Crippen LogP contribution in [0.1, 0.15) is 50.0 Å². The number of carbonyl (C=O) groups excluding carboxylic acids is 1. The van der Waals surface area contributed by atoms with Gasteiger partial charge in [-0.1, -0.05) is 6.07 Å². The number of carbonyl (C=O) groups is 1. The summed E-state index contributed by atoms with van der Waals surface area (Å²) in [5.41, 5.74) is 3.19. The Balaban J connectivity index is 1.59. The highest BCUT2D eigenvalue weighted by Gasteiger charge is 2.55. The molecule has 8 heteroatoms. The van der Waals surface area contributed by atoms with Gasteiger partial charge in [-0.05, 0) is 63.6 Å². The molecule has 3 aliphatic rings. The number of pyridine rings is 1. The number of ether oxygens (including phenoxy) is 1. The lowest BCUT2D eigenvalue weighted by atomic mass is 9.53. The van der Waals surface area contributed by atoms with Crippen LogP contribution in [0.15, 0.2) is 30.5 Å². The maximum Gasteiger partial charge on any atom is 0.314 e. The van der Waals surface area contributed by atoms with Crippen molar-refractivity contribution in [1.82, 2.24) is 24.9 Å². The number of hydrogen-bond donors (Lipinski definition) is 2. The zero-order valence-corrected chi connectivity index (χ0v) is 17.7. The molecular weight excluding hydrogens is 394 g/mol. The fraction of sp³-hybridized carbons (Fsp3) is 0.435. The molecule has 3 aromatic rings. The summed E-state index contributed by atoms with van der Waals surface area (Å²) >= 11 is 0. The van der Waals surface area contributed by atoms with Gasteiger partial charge in [0.05, 0.1) is 29.6 Å². The lowest BCUT2D eigenvalue weighted by Crippen LogP contribution is -2.48. The monoisotopic (exact) mass is 419 g/mol. The Morgan fingerprint density at radius 1 is 1.03 bits per heavy atom. The summed E-state index contributed by atoms with van der Waals surface area (Å²) in [6.45, 7) is 1.95. The number of nitrogens with one attached hydrogen (secondary N) is 1. The number of nitrogens with zero attached hydrogens (tertiary/aromatic N) is 4. The van der Waals surface area contributed by atoms with Crippen LogP contribution >= 0.6 is 0 Å². The number of aromatic nitrogens is 5. The van der Waals surface area contributed by atoms with E-state index in [1.807, 2.05) is 25.1 Å². The molecule has 3 aromatic heterocycles. The second-order valence-corrected chi connectivity index (χ2v) is 8.77. The zero-order chi connectivity index (χ0) is 21.6. The van der Waals surface area contributed by atoms with Crippen molar-refractivity contribution < 1.29 is 14.6 Å². The minimum Gasteiger partial charge on any atom is -0.479 e. The Hall–Kier alpha value is -3.29. The van der Waals surface area contributed by atoms with Gasteiger partial charge in [0.1, 0.15) is 11.5 Å². The van der Waals surface area contributed by atoms with Gasteiger partial charge < -0.3 is 14.8 Å². The maximum absolute atomic E-state index is 12.4. The number of aromatic hydroxyl groups is 1. The molecule has 0 amide bonds. The predicted molar refractivity (Wildman–Crippen MR) is 113 cm³/mol. The van der Waals surface area contributed by atoms with Gasteiger partial charge in [0, 0.05) is 17.3 Å². The summed E-state index contributed by atoms with van der Waals surface area (Å²) in [5.74, 6) is 0.819. The van der Waals surface area contributed by atoms with Crippen molar-refractivity contribution in [2.24, 2.45) is 5.41 Å². The van der Waals surface area contributed by atoms with Crippen LogP contribution < -0.4 is 0 Å². The van der Waals surface area contributed by atoms with Crippen LogP contribution in [-0.4, -0.2) is 43.1 Å². The molecule has 3 heterocycles. The molecule has 8 nitrogen and oxygen atoms in total. The summed E-state index contributed by atoms with van der Waals surface area (Å²) in [7, 11) is 1.48. The Labute approximate surface area is 180 Å². The Kier molecular flexibility index (Phi) is 4.53. The van der Waals surface area contributed by atoms with Gasteiger partial charge in [0.2, 0.25) is 0 Å². The molecule has 160 valence electrons. The molecule has 3 aliphatic carbocycles. The van der Waals surface area contributed by atoms with Crippen LogP contribution in [0.25, 0.3) is 22.8 Å². The molecule has 0 aliphatic heterocycles. The summed E-state index contributed by atoms with van der Waals surface area (Å²) in [6.07, 6.45) is 6.59. The Bertz CT molecular complexity index is 1070. The molecule has 31 heavy (non-hydrogen) atoms. The van der Waals surface area contributed by atoms with E-state index in [2.05, 4.69) is 19.9 Å². The molecule has 0 atom stereocenters. The predicted octanol–water partition coefficient (Wildman–Crippen LogP) is 3.71. The van der Waals surface area contributed by atoms with Crippen LogP contribution in [0.4, 0.5) is 0 Å². The van der Waals surface area contributed by atoms with Crippen molar-refractivity contribution in [2.45, 2.75) is 50.9 Å². The van der Waals surface area contributed by atoms with Gasteiger partial charge in [-0.25, -0.2) is 9.97 Å². The second kappa shape index (κ2) is 7.14. The minimum absolute atomic E-state index is 0.0814. The van der Waals surface area contributed by atoms with Crippen molar-refractivity contribution in [3.05, 3.63) is 42.0 Å². The molecule has 3 saturated carbocycles. The molecule has 0 unspecified atom stereocenters. The van der Waals surface area contributed by atoms with Crippen LogP contribution in [0.2, 0.25) is 0 Å². The number of fused-ring (bicyclic) bond motifs is 3. The summed E-state index contributed by atoms with van der Waals surface area (Å²) in [6, 6.07) is 7.29. The van der Waals surface area contributed by atoms with E-state index in [4.69, 9.17) is 9.72 Å². The minimum atomic E-state index is -0.342. The number of imidazole rings is 1. The fourth-order valence-corrected chi connectivity index (χ4v) is 5.22. The molecule has 0 spiro atoms. The van der Waals surface area contributed by atoms with Gasteiger partial charge in [-0.3, -0.25) is 9.78 Å². The third kappa shape index (κ3) is 3.17. The molecular formula is C23H25N5O3. The Morgan fingerprint density at radius 3 is 2.42 bits per heavy atom. The first-order chi connectivity index (χ1) is 14.9. The molecule has 2 bridgehead atoms. The number of rotatable bonds is 4. The molecule has 0 radical (unpaired) electrons. The number of aryl methyl sites for hydroxylation is 1. The topological polar surface area (TPSA) is 114 Å². The van der Waals surface area contributed by atoms with E-state index in [-0.39, 0.29) is 22.8 Å². The van der Waals surface area contributed by atoms with Gasteiger partial charge in [0.25, 0.3) is 0 Å². The largest absolute Gasteiger partial charge is 0.479 e. The Morgan fingerprint density at radius 2 is 1.77 bits per heavy atom. The second-order valence-electron chi connectivity index (χ2n) is 8.77. The number of H-pyrrole nitrogens is 1. The summed E-state index contributed by atoms with van der Waals surface area (Å²) in [5, 5.41) is 9.83. The maximum atomic E-state index is 12.4. The number of aromatic amines is 1. The quantitative estimate of drug-likeness (QED) is 0.620. The third-order valence-corrected chi connectivity index (χ3v) is 7.10. The number of esters is 1. The molecule has 2 N–H and O–H groups in total. The van der Waals surface area contributed by atoms with E-state index in [0.717, 1.165) is 61.4 Å². The van der Waals surface area contributed by atoms with E-state index in [0.29, 0.717) is 11.4 Å². The van der Waals surface area contributed by atoms with Gasteiger partial charge in [0.15, 0.2) is 0 Å². The molecule has 0 saturated heterocycles. The smallest absolute Gasteiger partial charge is 0.314 e. The van der Waals surface area contributed by atoms with E-state index in [9.17, 15) is 9.90 Å². The molecule has 3 fully saturated rings. The molecule has 0 aromatic carbocycles. The number of hydrogen-bond acceptors (Lipinski definition) is 7. The van der Waals surface area contributed by atoms with Crippen LogP contribution in [0, 0.1) is 12.3 Å². The van der Waals surface area contributed by atoms with Gasteiger partial charge >= 0.3 is 12.0 Å². The zero-order valence-electron chi connectivity index (χ0n) is 17.7. The van der Waals surface area contributed by atoms with Crippen molar-refractivity contribution in [3.63, 3.8) is 0 Å². The average Bonchev–Trinajstić information content (AvgIpc) is 3.26. The van der Waals surface area contributed by atoms with Gasteiger partial charge in [-0.15, -0.1) is 0 Å². The van der Waals surface area contributed by atoms with E-state index >= 15 is 0 Å². The lowest BCUT2D eigenvalue weighted by Gasteiger charge is -2.50. The SMILES string of the molecule is COC(=O)C12CCC(c3nc(-c4cccc(C)n4)c(-c4ccnc(O)n4)[nH]3)(CC1)CC2. The number of methoxy groups -OCH3 is 1. The highest BCUT2D eigenvalue weighted by molar-refractivity contribution is 5.78. The first-order valence-corrected chi connectivity index (χ1v) is 10.6. The average molecular weight is 419 g/mol. The van der Waals surface area contributed by atoms with Gasteiger partial charge in [-0.2, -0.15) is 4.98 Å². The first-order valence-electron chi connectivity index (χ1n) is 10.6. The van der Waals surface area contributed by atoms with Crippen molar-refractivity contribution >= 4 is 5.97 Å². The van der Waals surface area contributed by atoms with Crippen molar-refractivity contribution in [3.8, 4) is 28.8 Å².